The topological polar surface area (TPSA) is 42.7 Å². The highest BCUT2D eigenvalue weighted by Crippen LogP contribution is 2.22. The van der Waals surface area contributed by atoms with E-state index in [1.165, 1.54) is 16.7 Å². The number of rotatable bonds is 3. The molecular formula is C21H20N4. The van der Waals surface area contributed by atoms with Crippen molar-refractivity contribution in [1.82, 2.24) is 14.5 Å². The molecule has 0 saturated heterocycles. The lowest BCUT2D eigenvalue weighted by Crippen LogP contribution is -1.96. The Hall–Kier alpha value is -3.14. The molecule has 0 bridgehead atoms. The van der Waals surface area contributed by atoms with Crippen LogP contribution in [0.15, 0.2) is 61.2 Å². The minimum Gasteiger partial charge on any atom is -0.324 e. The molecule has 0 amide bonds. The Morgan fingerprint density at radius 3 is 2.32 bits per heavy atom. The zero-order chi connectivity index (χ0) is 17.4. The number of aryl methyl sites for hydroxylation is 2. The van der Waals surface area contributed by atoms with E-state index < -0.39 is 0 Å². The van der Waals surface area contributed by atoms with Crippen molar-refractivity contribution in [3.63, 3.8) is 0 Å². The molecule has 0 spiro atoms. The Labute approximate surface area is 147 Å². The van der Waals surface area contributed by atoms with Crippen LogP contribution in [0.5, 0.6) is 0 Å². The number of fused-ring (bicyclic) bond motifs is 1. The van der Waals surface area contributed by atoms with Crippen molar-refractivity contribution in [2.75, 3.05) is 5.32 Å². The zero-order valence-corrected chi connectivity index (χ0v) is 14.6. The molecule has 4 aromatic rings. The van der Waals surface area contributed by atoms with Gasteiger partial charge in [0.2, 0.25) is 0 Å². The summed E-state index contributed by atoms with van der Waals surface area (Å²) in [7, 11) is 0. The van der Waals surface area contributed by atoms with Crippen molar-refractivity contribution in [2.45, 2.75) is 20.8 Å². The monoisotopic (exact) mass is 328 g/mol. The van der Waals surface area contributed by atoms with Crippen LogP contribution >= 0.6 is 0 Å². The van der Waals surface area contributed by atoms with Gasteiger partial charge in [0.05, 0.1) is 6.20 Å². The van der Waals surface area contributed by atoms with Gasteiger partial charge in [-0.05, 0) is 61.0 Å². The lowest BCUT2D eigenvalue weighted by atomic mass is 10.0. The van der Waals surface area contributed by atoms with Crippen molar-refractivity contribution in [3.05, 3.63) is 77.9 Å². The SMILES string of the molecule is Cc1cc(-n2cnc(Nc3cc4ccccc4cn3)c2)cc(C)c1C. The Morgan fingerprint density at radius 1 is 0.840 bits per heavy atom. The fourth-order valence-electron chi connectivity index (χ4n) is 2.97. The summed E-state index contributed by atoms with van der Waals surface area (Å²) in [6.07, 6.45) is 5.69. The average Bonchev–Trinajstić information content (AvgIpc) is 3.07. The van der Waals surface area contributed by atoms with Gasteiger partial charge in [-0.15, -0.1) is 0 Å². The molecule has 25 heavy (non-hydrogen) atoms. The molecule has 0 aliphatic heterocycles. The van der Waals surface area contributed by atoms with E-state index in [1.807, 2.05) is 41.5 Å². The number of imidazole rings is 1. The summed E-state index contributed by atoms with van der Waals surface area (Å²) in [5, 5.41) is 5.57. The molecule has 0 fully saturated rings. The average molecular weight is 328 g/mol. The molecule has 2 aromatic carbocycles. The molecule has 4 nitrogen and oxygen atoms in total. The molecule has 2 aromatic heterocycles. The predicted octanol–water partition coefficient (Wildman–Crippen LogP) is 5.09. The van der Waals surface area contributed by atoms with Crippen LogP contribution in [0.3, 0.4) is 0 Å². The number of pyridine rings is 1. The Morgan fingerprint density at radius 2 is 1.56 bits per heavy atom. The molecule has 0 aliphatic carbocycles. The van der Waals surface area contributed by atoms with Crippen molar-refractivity contribution in [1.29, 1.82) is 0 Å². The van der Waals surface area contributed by atoms with Crippen molar-refractivity contribution < 1.29 is 0 Å². The first-order chi connectivity index (χ1) is 12.1. The Kier molecular flexibility index (Phi) is 3.73. The van der Waals surface area contributed by atoms with E-state index in [2.05, 4.69) is 60.3 Å². The van der Waals surface area contributed by atoms with E-state index in [0.29, 0.717) is 0 Å². The van der Waals surface area contributed by atoms with Gasteiger partial charge in [0.15, 0.2) is 0 Å². The smallest absolute Gasteiger partial charge is 0.150 e. The highest BCUT2D eigenvalue weighted by molar-refractivity contribution is 5.84. The third kappa shape index (κ3) is 2.98. The second-order valence-electron chi connectivity index (χ2n) is 6.41. The van der Waals surface area contributed by atoms with Gasteiger partial charge in [0, 0.05) is 17.3 Å². The highest BCUT2D eigenvalue weighted by Gasteiger charge is 2.06. The van der Waals surface area contributed by atoms with Gasteiger partial charge in [-0.25, -0.2) is 9.97 Å². The van der Waals surface area contributed by atoms with Gasteiger partial charge in [-0.3, -0.25) is 0 Å². The van der Waals surface area contributed by atoms with Crippen molar-refractivity contribution in [3.8, 4) is 5.69 Å². The zero-order valence-electron chi connectivity index (χ0n) is 14.6. The van der Waals surface area contributed by atoms with Gasteiger partial charge in [-0.2, -0.15) is 0 Å². The summed E-state index contributed by atoms with van der Waals surface area (Å²) in [6.45, 7) is 6.43. The summed E-state index contributed by atoms with van der Waals surface area (Å²) < 4.78 is 2.03. The molecule has 0 atom stereocenters. The maximum absolute atomic E-state index is 4.46. The number of benzene rings is 2. The molecule has 0 saturated carbocycles. The molecule has 4 heteroatoms. The van der Waals surface area contributed by atoms with Crippen LogP contribution in [0.1, 0.15) is 16.7 Å². The van der Waals surface area contributed by atoms with Gasteiger partial charge >= 0.3 is 0 Å². The third-order valence-corrected chi connectivity index (χ3v) is 4.68. The second kappa shape index (κ2) is 6.06. The van der Waals surface area contributed by atoms with Gasteiger partial charge in [0.1, 0.15) is 18.0 Å². The number of hydrogen-bond donors (Lipinski definition) is 1. The first-order valence-electron chi connectivity index (χ1n) is 8.34. The molecule has 4 rings (SSSR count). The van der Waals surface area contributed by atoms with Crippen molar-refractivity contribution in [2.24, 2.45) is 0 Å². The van der Waals surface area contributed by atoms with E-state index in [-0.39, 0.29) is 0 Å². The summed E-state index contributed by atoms with van der Waals surface area (Å²) in [4.78, 5) is 8.93. The van der Waals surface area contributed by atoms with E-state index >= 15 is 0 Å². The Balaban J connectivity index is 1.62. The maximum atomic E-state index is 4.46. The number of hydrogen-bond acceptors (Lipinski definition) is 3. The molecule has 0 radical (unpaired) electrons. The predicted molar refractivity (Wildman–Crippen MR) is 103 cm³/mol. The highest BCUT2D eigenvalue weighted by atomic mass is 15.1. The fourth-order valence-corrected chi connectivity index (χ4v) is 2.97. The number of nitrogens with one attached hydrogen (secondary N) is 1. The summed E-state index contributed by atoms with van der Waals surface area (Å²) in [5.74, 6) is 1.57. The number of nitrogens with zero attached hydrogens (tertiary/aromatic N) is 3. The van der Waals surface area contributed by atoms with Gasteiger partial charge in [0.25, 0.3) is 0 Å². The van der Waals surface area contributed by atoms with E-state index in [4.69, 9.17) is 0 Å². The van der Waals surface area contributed by atoms with E-state index in [9.17, 15) is 0 Å². The van der Waals surface area contributed by atoms with Gasteiger partial charge < -0.3 is 9.88 Å². The van der Waals surface area contributed by atoms with Crippen molar-refractivity contribution >= 4 is 22.4 Å². The van der Waals surface area contributed by atoms with E-state index in [1.54, 1.807) is 0 Å². The molecule has 1 N–H and O–H groups in total. The molecule has 0 aliphatic rings. The molecule has 2 heterocycles. The largest absolute Gasteiger partial charge is 0.324 e. The second-order valence-corrected chi connectivity index (χ2v) is 6.41. The minimum absolute atomic E-state index is 0.777. The molecule has 124 valence electrons. The van der Waals surface area contributed by atoms with Gasteiger partial charge in [-0.1, -0.05) is 24.3 Å². The fraction of sp³-hybridized carbons (Fsp3) is 0.143. The van der Waals surface area contributed by atoms with Crippen LogP contribution in [0, 0.1) is 20.8 Å². The van der Waals surface area contributed by atoms with Crippen LogP contribution in [0.2, 0.25) is 0 Å². The summed E-state index contributed by atoms with van der Waals surface area (Å²) >= 11 is 0. The standard InChI is InChI=1S/C21H20N4/c1-14-8-19(9-15(2)16(14)3)25-12-21(23-13-25)24-20-10-17-6-4-5-7-18(17)11-22-20/h4-13H,1-3H3,(H,22,24). The lowest BCUT2D eigenvalue weighted by molar-refractivity contribution is 1.04. The van der Waals surface area contributed by atoms with Crippen LogP contribution in [0.25, 0.3) is 16.5 Å². The summed E-state index contributed by atoms with van der Waals surface area (Å²) in [6, 6.07) is 14.6. The number of aromatic nitrogens is 3. The van der Waals surface area contributed by atoms with Crippen LogP contribution in [-0.4, -0.2) is 14.5 Å². The minimum atomic E-state index is 0.777. The van der Waals surface area contributed by atoms with Crippen LogP contribution in [0.4, 0.5) is 11.6 Å². The molecular weight excluding hydrogens is 308 g/mol. The Bertz CT molecular complexity index is 1040. The first kappa shape index (κ1) is 15.4. The van der Waals surface area contributed by atoms with Crippen LogP contribution < -0.4 is 5.32 Å². The maximum Gasteiger partial charge on any atom is 0.150 e. The van der Waals surface area contributed by atoms with Crippen LogP contribution in [-0.2, 0) is 0 Å². The first-order valence-corrected chi connectivity index (χ1v) is 8.34. The van der Waals surface area contributed by atoms with E-state index in [0.717, 1.165) is 28.1 Å². The summed E-state index contributed by atoms with van der Waals surface area (Å²) in [5.41, 5.74) is 5.03. The number of anilines is 2. The lowest BCUT2D eigenvalue weighted by Gasteiger charge is -2.09. The molecule has 0 unspecified atom stereocenters. The normalized spacial score (nSPS) is 11.0. The quantitative estimate of drug-likeness (QED) is 0.569. The third-order valence-electron chi connectivity index (χ3n) is 4.68.